The molecule has 6 nitrogen and oxygen atoms in total. The molecule has 2 aliphatic rings. The highest BCUT2D eigenvalue weighted by atomic mass is 32.2. The second-order valence-corrected chi connectivity index (χ2v) is 10.9. The average Bonchev–Trinajstić information content (AvgIpc) is 3.24. The number of hydrogen-bond acceptors (Lipinski definition) is 4. The third kappa shape index (κ3) is 6.28. The minimum absolute atomic E-state index is 0.116. The van der Waals surface area contributed by atoms with E-state index < -0.39 is 16.1 Å². The molecule has 30 heavy (non-hydrogen) atoms. The summed E-state index contributed by atoms with van der Waals surface area (Å²) in [4.78, 5) is 15.2. The van der Waals surface area contributed by atoms with Gasteiger partial charge in [-0.05, 0) is 63.6 Å². The van der Waals surface area contributed by atoms with Crippen LogP contribution in [0.1, 0.15) is 56.6 Å². The summed E-state index contributed by atoms with van der Waals surface area (Å²) < 4.78 is 26.6. The Morgan fingerprint density at radius 2 is 1.80 bits per heavy atom. The molecule has 0 spiro atoms. The predicted octanol–water partition coefficient (Wildman–Crippen LogP) is 2.92. The lowest BCUT2D eigenvalue weighted by atomic mass is 9.96. The van der Waals surface area contributed by atoms with Gasteiger partial charge in [0.1, 0.15) is 6.04 Å². The molecule has 2 heterocycles. The van der Waals surface area contributed by atoms with Crippen LogP contribution in [0, 0.1) is 12.8 Å². The van der Waals surface area contributed by atoms with E-state index in [1.54, 1.807) is 0 Å². The first-order valence-corrected chi connectivity index (χ1v) is 13.0. The van der Waals surface area contributed by atoms with Crippen LogP contribution >= 0.6 is 0 Å². The maximum absolute atomic E-state index is 12.7. The number of hydrogen-bond donors (Lipinski definition) is 1. The van der Waals surface area contributed by atoms with E-state index in [4.69, 9.17) is 0 Å². The monoisotopic (exact) mass is 435 g/mol. The van der Waals surface area contributed by atoms with Crippen molar-refractivity contribution in [2.24, 2.45) is 5.92 Å². The molecule has 0 aliphatic carbocycles. The first kappa shape index (κ1) is 23.2. The van der Waals surface area contributed by atoms with E-state index in [2.05, 4.69) is 41.4 Å². The molecule has 2 saturated heterocycles. The van der Waals surface area contributed by atoms with E-state index in [-0.39, 0.29) is 11.7 Å². The Bertz CT molecular complexity index is 786. The lowest BCUT2D eigenvalue weighted by Crippen LogP contribution is -2.48. The third-order valence-corrected chi connectivity index (χ3v) is 8.37. The smallest absolute Gasteiger partial charge is 0.238 e. The number of amides is 1. The number of carbonyl (C=O) groups excluding carboxylic acids is 1. The van der Waals surface area contributed by atoms with Crippen molar-refractivity contribution in [1.82, 2.24) is 14.5 Å². The molecule has 1 amide bonds. The maximum Gasteiger partial charge on any atom is 0.238 e. The lowest BCUT2D eigenvalue weighted by Gasteiger charge is -2.32. The largest absolute Gasteiger partial charge is 0.354 e. The van der Waals surface area contributed by atoms with Gasteiger partial charge in [-0.1, -0.05) is 43.2 Å². The minimum atomic E-state index is -3.33. The fraction of sp³-hybridized carbons (Fsp3) is 0.696. The van der Waals surface area contributed by atoms with Crippen LogP contribution in [0.25, 0.3) is 0 Å². The van der Waals surface area contributed by atoms with Crippen LogP contribution in [0.3, 0.4) is 0 Å². The summed E-state index contributed by atoms with van der Waals surface area (Å²) in [7, 11) is -3.33. The molecule has 0 radical (unpaired) electrons. The van der Waals surface area contributed by atoms with Gasteiger partial charge in [-0.2, -0.15) is 4.31 Å². The average molecular weight is 436 g/mol. The molecule has 2 aliphatic heterocycles. The molecule has 3 rings (SSSR count). The zero-order chi connectivity index (χ0) is 21.6. The number of rotatable bonds is 9. The van der Waals surface area contributed by atoms with Crippen LogP contribution in [0.15, 0.2) is 24.3 Å². The molecule has 7 heteroatoms. The second-order valence-electron chi connectivity index (χ2n) is 8.89. The molecule has 2 fully saturated rings. The Kier molecular flexibility index (Phi) is 8.31. The van der Waals surface area contributed by atoms with Gasteiger partial charge in [-0.3, -0.25) is 9.69 Å². The van der Waals surface area contributed by atoms with Crippen molar-refractivity contribution in [3.63, 3.8) is 0 Å². The van der Waals surface area contributed by atoms with Gasteiger partial charge in [0.05, 0.1) is 5.75 Å². The van der Waals surface area contributed by atoms with Crippen LogP contribution in [0.5, 0.6) is 0 Å². The third-order valence-electron chi connectivity index (χ3n) is 6.42. The number of likely N-dealkylation sites (tertiary alicyclic amines) is 1. The Morgan fingerprint density at radius 1 is 1.10 bits per heavy atom. The van der Waals surface area contributed by atoms with Gasteiger partial charge in [0.25, 0.3) is 0 Å². The summed E-state index contributed by atoms with van der Waals surface area (Å²) in [6.07, 6.45) is 5.01. The highest BCUT2D eigenvalue weighted by Gasteiger charge is 2.38. The second kappa shape index (κ2) is 10.7. The molecule has 1 N–H and O–H groups in total. The van der Waals surface area contributed by atoms with Crippen LogP contribution in [-0.4, -0.2) is 61.5 Å². The summed E-state index contributed by atoms with van der Waals surface area (Å²) in [6.45, 7) is 8.26. The zero-order valence-corrected chi connectivity index (χ0v) is 19.3. The molecule has 1 aromatic carbocycles. The number of aryl methyl sites for hydroxylation is 1. The Balaban J connectivity index is 1.42. The van der Waals surface area contributed by atoms with Crippen molar-refractivity contribution in [3.05, 3.63) is 35.4 Å². The summed E-state index contributed by atoms with van der Waals surface area (Å²) in [5.41, 5.74) is 2.63. The van der Waals surface area contributed by atoms with Gasteiger partial charge in [-0.15, -0.1) is 0 Å². The van der Waals surface area contributed by atoms with E-state index in [1.807, 2.05) is 6.92 Å². The van der Waals surface area contributed by atoms with Crippen molar-refractivity contribution in [3.8, 4) is 0 Å². The molecule has 0 saturated carbocycles. The van der Waals surface area contributed by atoms with Gasteiger partial charge in [0, 0.05) is 19.6 Å². The number of nitrogens with one attached hydrogen (secondary N) is 1. The number of benzene rings is 1. The van der Waals surface area contributed by atoms with Crippen molar-refractivity contribution in [1.29, 1.82) is 0 Å². The normalized spacial score (nSPS) is 21.7. The fourth-order valence-electron chi connectivity index (χ4n) is 4.44. The van der Waals surface area contributed by atoms with Crippen molar-refractivity contribution >= 4 is 15.9 Å². The van der Waals surface area contributed by atoms with Crippen molar-refractivity contribution in [2.45, 2.75) is 65.0 Å². The van der Waals surface area contributed by atoms with E-state index in [9.17, 15) is 13.2 Å². The summed E-state index contributed by atoms with van der Waals surface area (Å²) in [5.74, 6) is 0.497. The SMILES string of the molecule is CCCCS(=O)(=O)N1CCCC1C(=O)NCC1CCN(Cc2ccc(C)cc2)CC1. The number of sulfonamides is 1. The molecule has 168 valence electrons. The maximum atomic E-state index is 12.7. The van der Waals surface area contributed by atoms with Crippen LogP contribution in [0.4, 0.5) is 0 Å². The van der Waals surface area contributed by atoms with Crippen LogP contribution in [-0.2, 0) is 21.4 Å². The molecule has 1 aromatic rings. The number of piperidine rings is 1. The van der Waals surface area contributed by atoms with E-state index in [0.29, 0.717) is 31.8 Å². The predicted molar refractivity (Wildman–Crippen MR) is 121 cm³/mol. The molecular formula is C23H37N3O3S. The van der Waals surface area contributed by atoms with E-state index in [0.717, 1.165) is 45.3 Å². The molecule has 1 atom stereocenters. The van der Waals surface area contributed by atoms with Crippen molar-refractivity contribution < 1.29 is 13.2 Å². The number of carbonyl (C=O) groups is 1. The highest BCUT2D eigenvalue weighted by Crippen LogP contribution is 2.23. The van der Waals surface area contributed by atoms with Crippen LogP contribution < -0.4 is 5.32 Å². The van der Waals surface area contributed by atoms with Crippen molar-refractivity contribution in [2.75, 3.05) is 31.9 Å². The quantitative estimate of drug-likeness (QED) is 0.648. The Morgan fingerprint density at radius 3 is 2.47 bits per heavy atom. The highest BCUT2D eigenvalue weighted by molar-refractivity contribution is 7.89. The summed E-state index contributed by atoms with van der Waals surface area (Å²) in [6, 6.07) is 8.19. The number of unbranched alkanes of at least 4 members (excludes halogenated alkanes) is 1. The molecule has 1 unspecified atom stereocenters. The zero-order valence-electron chi connectivity index (χ0n) is 18.5. The number of nitrogens with zero attached hydrogens (tertiary/aromatic N) is 2. The summed E-state index contributed by atoms with van der Waals surface area (Å²) in [5, 5.41) is 3.06. The fourth-order valence-corrected chi connectivity index (χ4v) is 6.33. The molecule has 0 bridgehead atoms. The molecular weight excluding hydrogens is 398 g/mol. The van der Waals surface area contributed by atoms with E-state index in [1.165, 1.54) is 15.4 Å². The molecule has 0 aromatic heterocycles. The van der Waals surface area contributed by atoms with Gasteiger partial charge < -0.3 is 5.32 Å². The summed E-state index contributed by atoms with van der Waals surface area (Å²) >= 11 is 0. The lowest BCUT2D eigenvalue weighted by molar-refractivity contribution is -0.124. The standard InChI is InChI=1S/C23H37N3O3S/c1-3-4-16-30(28,29)26-13-5-6-22(26)23(27)24-17-20-11-14-25(15-12-20)18-21-9-7-19(2)8-10-21/h7-10,20,22H,3-6,11-18H2,1-2H3,(H,24,27). The van der Waals surface area contributed by atoms with Gasteiger partial charge in [0.15, 0.2) is 0 Å². The van der Waals surface area contributed by atoms with Gasteiger partial charge >= 0.3 is 0 Å². The first-order chi connectivity index (χ1) is 14.4. The topological polar surface area (TPSA) is 69.7 Å². The Hall–Kier alpha value is -1.44. The van der Waals surface area contributed by atoms with E-state index >= 15 is 0 Å². The van der Waals surface area contributed by atoms with Gasteiger partial charge in [0.2, 0.25) is 15.9 Å². The van der Waals surface area contributed by atoms with Gasteiger partial charge in [-0.25, -0.2) is 8.42 Å². The minimum Gasteiger partial charge on any atom is -0.354 e. The Labute approximate surface area is 182 Å². The first-order valence-electron chi connectivity index (χ1n) is 11.4. The van der Waals surface area contributed by atoms with Crippen LogP contribution in [0.2, 0.25) is 0 Å².